The van der Waals surface area contributed by atoms with Crippen LogP contribution in [0.1, 0.15) is 27.7 Å². The molecule has 1 unspecified atom stereocenters. The van der Waals surface area contributed by atoms with Crippen LogP contribution in [-0.2, 0) is 24.1 Å². The van der Waals surface area contributed by atoms with Gasteiger partial charge < -0.3 is 9.84 Å². The summed E-state index contributed by atoms with van der Waals surface area (Å²) in [4.78, 5) is 30.9. The zero-order chi connectivity index (χ0) is 12.8. The summed E-state index contributed by atoms with van der Waals surface area (Å²) >= 11 is 0. The lowest BCUT2D eigenvalue weighted by atomic mass is 9.89. The molecule has 0 radical (unpaired) electrons. The van der Waals surface area contributed by atoms with Crippen LogP contribution in [0.15, 0.2) is 0 Å². The standard InChI is InChI=1S/C10H18O6/c1-5-14-7(11)6-15-16-8(9(12)13)10(2,3)4/h8H,5-6H2,1-4H3,(H,12,13). The first-order valence-electron chi connectivity index (χ1n) is 4.95. The Morgan fingerprint density at radius 1 is 1.31 bits per heavy atom. The number of rotatable bonds is 6. The molecule has 6 nitrogen and oxygen atoms in total. The van der Waals surface area contributed by atoms with Gasteiger partial charge in [0.05, 0.1) is 6.61 Å². The van der Waals surface area contributed by atoms with Gasteiger partial charge in [-0.3, -0.25) is 0 Å². The number of hydrogen-bond donors (Lipinski definition) is 1. The van der Waals surface area contributed by atoms with E-state index in [9.17, 15) is 9.59 Å². The molecule has 0 heterocycles. The molecule has 0 rings (SSSR count). The Kier molecular flexibility index (Phi) is 5.98. The maximum Gasteiger partial charge on any atom is 0.336 e. The summed E-state index contributed by atoms with van der Waals surface area (Å²) in [6.07, 6.45) is -1.14. The topological polar surface area (TPSA) is 82.1 Å². The number of ether oxygens (including phenoxy) is 1. The van der Waals surface area contributed by atoms with Gasteiger partial charge in [0, 0.05) is 5.41 Å². The molecule has 0 spiro atoms. The summed E-state index contributed by atoms with van der Waals surface area (Å²) in [5, 5.41) is 8.86. The molecule has 6 heteroatoms. The second-order valence-corrected chi connectivity index (χ2v) is 4.25. The first-order chi connectivity index (χ1) is 7.29. The third-order valence-corrected chi connectivity index (χ3v) is 1.66. The van der Waals surface area contributed by atoms with Crippen molar-refractivity contribution in [3.63, 3.8) is 0 Å². The van der Waals surface area contributed by atoms with Gasteiger partial charge in [-0.05, 0) is 6.92 Å². The number of carboxylic acid groups (broad SMARTS) is 1. The van der Waals surface area contributed by atoms with E-state index in [0.717, 1.165) is 0 Å². The number of carbonyl (C=O) groups excluding carboxylic acids is 1. The molecule has 0 saturated heterocycles. The maximum absolute atomic E-state index is 10.9. The van der Waals surface area contributed by atoms with Crippen LogP contribution in [0.25, 0.3) is 0 Å². The fourth-order valence-corrected chi connectivity index (χ4v) is 0.909. The number of esters is 1. The lowest BCUT2D eigenvalue weighted by Crippen LogP contribution is -2.37. The summed E-state index contributed by atoms with van der Waals surface area (Å²) in [5.74, 6) is -1.74. The van der Waals surface area contributed by atoms with Gasteiger partial charge in [0.1, 0.15) is 0 Å². The van der Waals surface area contributed by atoms with Crippen molar-refractivity contribution >= 4 is 11.9 Å². The highest BCUT2D eigenvalue weighted by atomic mass is 17.2. The number of hydrogen-bond acceptors (Lipinski definition) is 5. The third kappa shape index (κ3) is 5.67. The minimum atomic E-state index is -1.14. The fourth-order valence-electron chi connectivity index (χ4n) is 0.909. The maximum atomic E-state index is 10.9. The van der Waals surface area contributed by atoms with Gasteiger partial charge >= 0.3 is 11.9 Å². The Morgan fingerprint density at radius 3 is 2.25 bits per heavy atom. The summed E-state index contributed by atoms with van der Waals surface area (Å²) in [7, 11) is 0. The van der Waals surface area contributed by atoms with Crippen molar-refractivity contribution in [1.29, 1.82) is 0 Å². The molecule has 0 aromatic rings. The van der Waals surface area contributed by atoms with E-state index < -0.39 is 30.1 Å². The first kappa shape index (κ1) is 14.9. The summed E-state index contributed by atoms with van der Waals surface area (Å²) < 4.78 is 4.58. The zero-order valence-corrected chi connectivity index (χ0v) is 9.98. The highest BCUT2D eigenvalue weighted by Gasteiger charge is 2.33. The van der Waals surface area contributed by atoms with E-state index in [2.05, 4.69) is 14.5 Å². The van der Waals surface area contributed by atoms with E-state index in [-0.39, 0.29) is 6.61 Å². The van der Waals surface area contributed by atoms with E-state index in [1.807, 2.05) is 0 Å². The smallest absolute Gasteiger partial charge is 0.336 e. The Labute approximate surface area is 94.4 Å². The predicted octanol–water partition coefficient (Wildman–Crippen LogP) is 0.997. The highest BCUT2D eigenvalue weighted by molar-refractivity contribution is 5.73. The summed E-state index contributed by atoms with van der Waals surface area (Å²) in [6.45, 7) is 6.56. The highest BCUT2D eigenvalue weighted by Crippen LogP contribution is 2.22. The molecule has 0 aromatic heterocycles. The molecule has 0 fully saturated rings. The Balaban J connectivity index is 4.05. The van der Waals surface area contributed by atoms with E-state index >= 15 is 0 Å². The average molecular weight is 234 g/mol. The molecule has 0 saturated carbocycles. The molecule has 0 aliphatic rings. The molecule has 0 aliphatic carbocycles. The molecule has 16 heavy (non-hydrogen) atoms. The van der Waals surface area contributed by atoms with Crippen molar-refractivity contribution in [2.45, 2.75) is 33.8 Å². The van der Waals surface area contributed by atoms with Crippen LogP contribution in [0, 0.1) is 5.41 Å². The monoisotopic (exact) mass is 234 g/mol. The van der Waals surface area contributed by atoms with Crippen molar-refractivity contribution in [3.05, 3.63) is 0 Å². The van der Waals surface area contributed by atoms with Gasteiger partial charge in [0.2, 0.25) is 0 Å². The SMILES string of the molecule is CCOC(=O)COOC(C(=O)O)C(C)(C)C. The van der Waals surface area contributed by atoms with Crippen LogP contribution in [0.5, 0.6) is 0 Å². The van der Waals surface area contributed by atoms with Crippen LogP contribution in [-0.4, -0.2) is 36.4 Å². The number of carboxylic acids is 1. The predicted molar refractivity (Wildman–Crippen MR) is 54.5 cm³/mol. The van der Waals surface area contributed by atoms with Crippen molar-refractivity contribution in [3.8, 4) is 0 Å². The summed E-state index contributed by atoms with van der Waals surface area (Å²) in [5.41, 5.74) is -0.625. The molecule has 0 aliphatic heterocycles. The molecule has 0 bridgehead atoms. The van der Waals surface area contributed by atoms with Gasteiger partial charge in [-0.15, -0.1) is 0 Å². The Bertz CT molecular complexity index is 242. The largest absolute Gasteiger partial charge is 0.479 e. The number of aliphatic carboxylic acids is 1. The lowest BCUT2D eigenvalue weighted by Gasteiger charge is -2.25. The zero-order valence-electron chi connectivity index (χ0n) is 9.98. The molecular weight excluding hydrogens is 216 g/mol. The average Bonchev–Trinajstić information content (AvgIpc) is 2.10. The van der Waals surface area contributed by atoms with Crippen molar-refractivity contribution in [1.82, 2.24) is 0 Å². The van der Waals surface area contributed by atoms with Crippen molar-refractivity contribution in [2.75, 3.05) is 13.2 Å². The van der Waals surface area contributed by atoms with Gasteiger partial charge in [0.25, 0.3) is 0 Å². The second kappa shape index (κ2) is 6.44. The molecular formula is C10H18O6. The van der Waals surface area contributed by atoms with E-state index in [1.165, 1.54) is 0 Å². The van der Waals surface area contributed by atoms with Crippen LogP contribution in [0.3, 0.4) is 0 Å². The van der Waals surface area contributed by atoms with Crippen molar-refractivity contribution < 1.29 is 29.2 Å². The quantitative estimate of drug-likeness (QED) is 0.419. The van der Waals surface area contributed by atoms with Crippen LogP contribution < -0.4 is 0 Å². The fraction of sp³-hybridized carbons (Fsp3) is 0.800. The van der Waals surface area contributed by atoms with Gasteiger partial charge in [-0.1, -0.05) is 20.8 Å². The normalized spacial score (nSPS) is 13.2. The molecule has 94 valence electrons. The van der Waals surface area contributed by atoms with Gasteiger partial charge in [-0.25, -0.2) is 19.4 Å². The van der Waals surface area contributed by atoms with Crippen molar-refractivity contribution in [2.24, 2.45) is 5.41 Å². The van der Waals surface area contributed by atoms with E-state index in [4.69, 9.17) is 5.11 Å². The minimum absolute atomic E-state index is 0.240. The van der Waals surface area contributed by atoms with E-state index in [1.54, 1.807) is 27.7 Å². The van der Waals surface area contributed by atoms with Crippen LogP contribution in [0.4, 0.5) is 0 Å². The van der Waals surface area contributed by atoms with E-state index in [0.29, 0.717) is 0 Å². The summed E-state index contributed by atoms with van der Waals surface area (Å²) in [6, 6.07) is 0. The lowest BCUT2D eigenvalue weighted by molar-refractivity contribution is -0.332. The Hall–Kier alpha value is -1.14. The Morgan fingerprint density at radius 2 is 1.88 bits per heavy atom. The molecule has 0 aromatic carbocycles. The van der Waals surface area contributed by atoms with Crippen LogP contribution >= 0.6 is 0 Å². The molecule has 0 amide bonds. The van der Waals surface area contributed by atoms with Gasteiger partial charge in [-0.2, -0.15) is 0 Å². The number of carbonyl (C=O) groups is 2. The first-order valence-corrected chi connectivity index (χ1v) is 4.95. The molecule has 1 N–H and O–H groups in total. The second-order valence-electron chi connectivity index (χ2n) is 4.25. The minimum Gasteiger partial charge on any atom is -0.479 e. The van der Waals surface area contributed by atoms with Gasteiger partial charge in [0.15, 0.2) is 12.7 Å². The van der Waals surface area contributed by atoms with Crippen LogP contribution in [0.2, 0.25) is 0 Å². The molecule has 1 atom stereocenters. The third-order valence-electron chi connectivity index (χ3n) is 1.66.